The molecular weight excluding hydrogens is 422 g/mol. The number of aryl methyl sites for hydroxylation is 1. The highest BCUT2D eigenvalue weighted by atomic mass is 16.1. The molecule has 4 aromatic rings. The highest BCUT2D eigenvalue weighted by Gasteiger charge is 2.14. The summed E-state index contributed by atoms with van der Waals surface area (Å²) in [6.07, 6.45) is 5.78. The molecule has 1 saturated heterocycles. The SMILES string of the molecule is CN(CCN1CCCC1)c1ccc(-n2ccc(-c3cc4ccccc4n3C)cc2=O)cc1C=N. The lowest BCUT2D eigenvalue weighted by Gasteiger charge is -2.25. The van der Waals surface area contributed by atoms with Gasteiger partial charge < -0.3 is 19.8 Å². The predicted octanol–water partition coefficient (Wildman–Crippen LogP) is 4.53. The number of hydrogen-bond donors (Lipinski definition) is 1. The molecule has 6 heteroatoms. The lowest BCUT2D eigenvalue weighted by Crippen LogP contribution is -2.31. The number of anilines is 1. The van der Waals surface area contributed by atoms with Crippen molar-refractivity contribution < 1.29 is 0 Å². The summed E-state index contributed by atoms with van der Waals surface area (Å²) >= 11 is 0. The van der Waals surface area contributed by atoms with Crippen LogP contribution in [-0.2, 0) is 7.05 Å². The van der Waals surface area contributed by atoms with Crippen molar-refractivity contribution in [1.29, 1.82) is 5.41 Å². The lowest BCUT2D eigenvalue weighted by molar-refractivity contribution is 0.346. The maximum absolute atomic E-state index is 13.1. The number of rotatable bonds is 7. The maximum atomic E-state index is 13.1. The van der Waals surface area contributed by atoms with Crippen molar-refractivity contribution in [2.75, 3.05) is 38.1 Å². The Morgan fingerprint density at radius 2 is 1.82 bits per heavy atom. The van der Waals surface area contributed by atoms with Gasteiger partial charge in [-0.05, 0) is 62.3 Å². The van der Waals surface area contributed by atoms with Crippen LogP contribution in [0.2, 0.25) is 0 Å². The van der Waals surface area contributed by atoms with Crippen molar-refractivity contribution >= 4 is 22.8 Å². The zero-order valence-electron chi connectivity index (χ0n) is 19.9. The molecule has 0 radical (unpaired) electrons. The maximum Gasteiger partial charge on any atom is 0.255 e. The summed E-state index contributed by atoms with van der Waals surface area (Å²) < 4.78 is 3.77. The monoisotopic (exact) mass is 453 g/mol. The summed E-state index contributed by atoms with van der Waals surface area (Å²) in [7, 11) is 4.10. The molecule has 0 saturated carbocycles. The van der Waals surface area contributed by atoms with Gasteiger partial charge in [0.15, 0.2) is 0 Å². The molecule has 34 heavy (non-hydrogen) atoms. The van der Waals surface area contributed by atoms with E-state index < -0.39 is 0 Å². The second-order valence-corrected chi connectivity index (χ2v) is 9.13. The summed E-state index contributed by atoms with van der Waals surface area (Å²) in [5, 5.41) is 9.12. The first-order chi connectivity index (χ1) is 16.5. The van der Waals surface area contributed by atoms with E-state index in [0.717, 1.165) is 52.2 Å². The summed E-state index contributed by atoms with van der Waals surface area (Å²) in [5.41, 5.74) is 5.55. The Bertz CT molecular complexity index is 1390. The van der Waals surface area contributed by atoms with Crippen LogP contribution in [0.3, 0.4) is 0 Å². The average Bonchev–Trinajstić information content (AvgIpc) is 3.50. The summed E-state index contributed by atoms with van der Waals surface area (Å²) in [6.45, 7) is 4.31. The van der Waals surface area contributed by atoms with Crippen LogP contribution in [0.25, 0.3) is 27.8 Å². The normalized spacial score (nSPS) is 14.1. The molecule has 0 aliphatic carbocycles. The van der Waals surface area contributed by atoms with Crippen LogP contribution in [-0.4, -0.2) is 53.5 Å². The van der Waals surface area contributed by atoms with E-state index in [-0.39, 0.29) is 5.56 Å². The van der Waals surface area contributed by atoms with Crippen molar-refractivity contribution in [3.05, 3.63) is 82.8 Å². The number of hydrogen-bond acceptors (Lipinski definition) is 4. The highest BCUT2D eigenvalue weighted by molar-refractivity contribution is 5.88. The number of likely N-dealkylation sites (tertiary alicyclic amines) is 1. The molecule has 0 unspecified atom stereocenters. The van der Waals surface area contributed by atoms with Gasteiger partial charge in [-0.3, -0.25) is 9.36 Å². The number of para-hydroxylation sites is 1. The average molecular weight is 454 g/mol. The van der Waals surface area contributed by atoms with E-state index in [1.165, 1.54) is 32.1 Å². The van der Waals surface area contributed by atoms with Crippen molar-refractivity contribution in [2.24, 2.45) is 7.05 Å². The molecule has 0 spiro atoms. The minimum Gasteiger partial charge on any atom is -0.373 e. The summed E-state index contributed by atoms with van der Waals surface area (Å²) in [5.74, 6) is 0. The topological polar surface area (TPSA) is 57.3 Å². The first-order valence-corrected chi connectivity index (χ1v) is 11.9. The van der Waals surface area contributed by atoms with E-state index in [1.807, 2.05) is 49.6 Å². The molecule has 2 aromatic carbocycles. The Morgan fingerprint density at radius 1 is 1.03 bits per heavy atom. The molecule has 6 nitrogen and oxygen atoms in total. The fourth-order valence-electron chi connectivity index (χ4n) is 4.99. The van der Waals surface area contributed by atoms with Gasteiger partial charge in [0.05, 0.1) is 0 Å². The number of benzene rings is 2. The third kappa shape index (κ3) is 4.17. The standard InChI is InChI=1S/C28H31N5O/c1-30(15-16-32-12-5-6-13-32)25-10-9-24(17-23(25)20-29)33-14-11-22(19-28(33)34)27-18-21-7-3-4-8-26(21)31(27)2/h3-4,7-11,14,17-20,29H,5-6,12-13,15-16H2,1-2H3. The highest BCUT2D eigenvalue weighted by Crippen LogP contribution is 2.27. The number of likely N-dealkylation sites (N-methyl/N-ethyl adjacent to an activating group) is 1. The molecule has 1 aliphatic heterocycles. The van der Waals surface area contributed by atoms with Gasteiger partial charge in [0, 0.05) is 84.8 Å². The minimum atomic E-state index is -0.0891. The fourth-order valence-corrected chi connectivity index (χ4v) is 4.99. The van der Waals surface area contributed by atoms with Gasteiger partial charge in [-0.2, -0.15) is 0 Å². The van der Waals surface area contributed by atoms with Crippen molar-refractivity contribution in [3.8, 4) is 16.9 Å². The van der Waals surface area contributed by atoms with Gasteiger partial charge in [-0.1, -0.05) is 18.2 Å². The predicted molar refractivity (Wildman–Crippen MR) is 141 cm³/mol. The molecule has 0 atom stereocenters. The second kappa shape index (κ2) is 9.31. The third-order valence-corrected chi connectivity index (χ3v) is 6.97. The summed E-state index contributed by atoms with van der Waals surface area (Å²) in [6, 6.07) is 19.9. The molecule has 1 aliphatic rings. The van der Waals surface area contributed by atoms with E-state index in [4.69, 9.17) is 5.41 Å². The number of nitrogens with zero attached hydrogens (tertiary/aromatic N) is 4. The van der Waals surface area contributed by atoms with Gasteiger partial charge in [0.2, 0.25) is 0 Å². The summed E-state index contributed by atoms with van der Waals surface area (Å²) in [4.78, 5) is 17.8. The van der Waals surface area contributed by atoms with Crippen LogP contribution in [0.4, 0.5) is 5.69 Å². The molecule has 0 amide bonds. The molecule has 174 valence electrons. The van der Waals surface area contributed by atoms with Crippen LogP contribution >= 0.6 is 0 Å². The first-order valence-electron chi connectivity index (χ1n) is 11.9. The second-order valence-electron chi connectivity index (χ2n) is 9.13. The molecule has 1 fully saturated rings. The molecular formula is C28H31N5O. The van der Waals surface area contributed by atoms with Crippen LogP contribution < -0.4 is 10.5 Å². The Hall–Kier alpha value is -3.64. The van der Waals surface area contributed by atoms with Crippen LogP contribution in [0, 0.1) is 5.41 Å². The zero-order chi connectivity index (χ0) is 23.7. The van der Waals surface area contributed by atoms with Crippen molar-refractivity contribution in [2.45, 2.75) is 12.8 Å². The number of aromatic nitrogens is 2. The molecule has 2 aromatic heterocycles. The van der Waals surface area contributed by atoms with E-state index in [1.54, 1.807) is 10.6 Å². The Kier molecular flexibility index (Phi) is 6.07. The lowest BCUT2D eigenvalue weighted by atomic mass is 10.1. The van der Waals surface area contributed by atoms with E-state index in [2.05, 4.69) is 39.6 Å². The van der Waals surface area contributed by atoms with Crippen LogP contribution in [0.1, 0.15) is 18.4 Å². The van der Waals surface area contributed by atoms with E-state index in [0.29, 0.717) is 0 Å². The Morgan fingerprint density at radius 3 is 2.56 bits per heavy atom. The largest absolute Gasteiger partial charge is 0.373 e. The number of pyridine rings is 1. The van der Waals surface area contributed by atoms with Gasteiger partial charge >= 0.3 is 0 Å². The van der Waals surface area contributed by atoms with Gasteiger partial charge in [-0.15, -0.1) is 0 Å². The Labute approximate surface area is 200 Å². The molecule has 1 N–H and O–H groups in total. The smallest absolute Gasteiger partial charge is 0.255 e. The Balaban J connectivity index is 1.41. The number of nitrogens with one attached hydrogen (secondary N) is 1. The van der Waals surface area contributed by atoms with Crippen LogP contribution in [0.15, 0.2) is 71.7 Å². The zero-order valence-corrected chi connectivity index (χ0v) is 19.9. The van der Waals surface area contributed by atoms with E-state index in [9.17, 15) is 4.79 Å². The molecule has 3 heterocycles. The fraction of sp³-hybridized carbons (Fsp3) is 0.286. The molecule has 0 bridgehead atoms. The molecule has 5 rings (SSSR count). The van der Waals surface area contributed by atoms with Gasteiger partial charge in [0.1, 0.15) is 0 Å². The minimum absolute atomic E-state index is 0.0891. The van der Waals surface area contributed by atoms with Crippen LogP contribution in [0.5, 0.6) is 0 Å². The van der Waals surface area contributed by atoms with E-state index >= 15 is 0 Å². The first kappa shape index (κ1) is 22.2. The third-order valence-electron chi connectivity index (χ3n) is 6.97. The quantitative estimate of drug-likeness (QED) is 0.419. The van der Waals surface area contributed by atoms with Crippen molar-refractivity contribution in [3.63, 3.8) is 0 Å². The van der Waals surface area contributed by atoms with Gasteiger partial charge in [0.25, 0.3) is 5.56 Å². The van der Waals surface area contributed by atoms with Gasteiger partial charge in [-0.25, -0.2) is 0 Å². The number of fused-ring (bicyclic) bond motifs is 1. The van der Waals surface area contributed by atoms with Crippen molar-refractivity contribution in [1.82, 2.24) is 14.0 Å².